The molecule has 4 fully saturated rings. The number of allylic oxidation sites excluding steroid dienone is 2. The van der Waals surface area contributed by atoms with Crippen LogP contribution in [0.25, 0.3) is 0 Å². The molecule has 0 amide bonds. The number of fused-ring (bicyclic) bond motifs is 7. The van der Waals surface area contributed by atoms with Crippen LogP contribution in [-0.4, -0.2) is 28.1 Å². The van der Waals surface area contributed by atoms with Crippen molar-refractivity contribution in [2.24, 2.45) is 50.2 Å². The van der Waals surface area contributed by atoms with Crippen molar-refractivity contribution in [3.05, 3.63) is 11.6 Å². The van der Waals surface area contributed by atoms with E-state index in [9.17, 15) is 19.8 Å². The molecular weight excluding hydrogens is 424 g/mol. The third kappa shape index (κ3) is 2.81. The molecule has 0 bridgehead atoms. The largest absolute Gasteiger partial charge is 0.481 e. The Bertz CT molecular complexity index is 961. The number of carbonyl (C=O) groups excluding carboxylic acids is 1. The van der Waals surface area contributed by atoms with E-state index in [1.54, 1.807) is 0 Å². The van der Waals surface area contributed by atoms with E-state index in [2.05, 4.69) is 48.5 Å². The summed E-state index contributed by atoms with van der Waals surface area (Å²) >= 11 is 0. The Kier molecular flexibility index (Phi) is 5.04. The smallest absolute Gasteiger partial charge is 0.310 e. The van der Waals surface area contributed by atoms with Crippen molar-refractivity contribution in [1.29, 1.82) is 0 Å². The number of rotatable bonds is 1. The van der Waals surface area contributed by atoms with Gasteiger partial charge in [-0.2, -0.15) is 0 Å². The van der Waals surface area contributed by atoms with Gasteiger partial charge in [0, 0.05) is 5.92 Å². The van der Waals surface area contributed by atoms with Gasteiger partial charge in [0.15, 0.2) is 5.78 Å². The fourth-order valence-corrected chi connectivity index (χ4v) is 10.4. The maximum Gasteiger partial charge on any atom is 0.310 e. The van der Waals surface area contributed by atoms with E-state index in [4.69, 9.17) is 0 Å². The molecule has 0 radical (unpaired) electrons. The lowest BCUT2D eigenvalue weighted by Gasteiger charge is -2.70. The molecule has 0 heterocycles. The average molecular weight is 471 g/mol. The van der Waals surface area contributed by atoms with Crippen LogP contribution in [0.1, 0.15) is 106 Å². The molecule has 0 aromatic carbocycles. The van der Waals surface area contributed by atoms with Crippen molar-refractivity contribution in [3.8, 4) is 0 Å². The van der Waals surface area contributed by atoms with Crippen LogP contribution in [0.5, 0.6) is 0 Å². The molecule has 0 spiro atoms. The monoisotopic (exact) mass is 470 g/mol. The van der Waals surface area contributed by atoms with Crippen LogP contribution < -0.4 is 0 Å². The number of ketones is 1. The van der Waals surface area contributed by atoms with Gasteiger partial charge in [0.25, 0.3) is 0 Å². The summed E-state index contributed by atoms with van der Waals surface area (Å²) in [5.41, 5.74) is -0.127. The quantitative estimate of drug-likeness (QED) is 0.464. The Labute approximate surface area is 206 Å². The highest BCUT2D eigenvalue weighted by atomic mass is 16.4. The number of hydrogen-bond acceptors (Lipinski definition) is 3. The van der Waals surface area contributed by atoms with E-state index in [0.717, 1.165) is 56.9 Å². The predicted octanol–water partition coefficient (Wildman–Crippen LogP) is 6.41. The number of aliphatic hydroxyl groups is 1. The van der Waals surface area contributed by atoms with Gasteiger partial charge in [0.1, 0.15) is 0 Å². The van der Waals surface area contributed by atoms with Crippen LogP contribution in [0.4, 0.5) is 0 Å². The summed E-state index contributed by atoms with van der Waals surface area (Å²) < 4.78 is 0. The molecule has 34 heavy (non-hydrogen) atoms. The molecule has 0 aromatic rings. The summed E-state index contributed by atoms with van der Waals surface area (Å²) in [6.07, 6.45) is 9.38. The van der Waals surface area contributed by atoms with E-state index >= 15 is 0 Å². The highest BCUT2D eigenvalue weighted by molar-refractivity contribution is 5.96. The van der Waals surface area contributed by atoms with Gasteiger partial charge in [-0.15, -0.1) is 0 Å². The Hall–Kier alpha value is -1.16. The zero-order valence-corrected chi connectivity index (χ0v) is 22.5. The van der Waals surface area contributed by atoms with Crippen molar-refractivity contribution in [2.45, 2.75) is 112 Å². The first-order valence-electron chi connectivity index (χ1n) is 13.7. The van der Waals surface area contributed by atoms with Crippen molar-refractivity contribution in [2.75, 3.05) is 0 Å². The Balaban J connectivity index is 1.65. The molecular formula is C30H46O4. The van der Waals surface area contributed by atoms with Crippen LogP contribution in [0, 0.1) is 50.2 Å². The van der Waals surface area contributed by atoms with E-state index in [1.165, 1.54) is 0 Å². The molecule has 0 aromatic heterocycles. The number of hydrogen-bond donors (Lipinski definition) is 2. The lowest BCUT2D eigenvalue weighted by Crippen LogP contribution is -2.67. The molecule has 4 saturated carbocycles. The molecule has 2 N–H and O–H groups in total. The number of carboxylic acids is 1. The number of carbonyl (C=O) groups is 2. The van der Waals surface area contributed by atoms with Crippen LogP contribution in [0.2, 0.25) is 0 Å². The molecule has 0 aliphatic heterocycles. The van der Waals surface area contributed by atoms with E-state index < -0.39 is 11.4 Å². The highest BCUT2D eigenvalue weighted by Gasteiger charge is 2.71. The van der Waals surface area contributed by atoms with Gasteiger partial charge in [-0.25, -0.2) is 0 Å². The van der Waals surface area contributed by atoms with Crippen molar-refractivity contribution >= 4 is 11.8 Å². The van der Waals surface area contributed by atoms with E-state index in [1.807, 2.05) is 6.08 Å². The standard InChI is InChI=1S/C30H46O4/c1-25(2)12-14-30(24(33)34)15-13-28(6)18(19(30)17-25)16-20(31)23-27(5)10-9-22(32)26(3,4)21(27)8-11-29(23,28)7/h16,19,21-23,32H,8-15,17H2,1-7H3,(H,33,34)/t19-,21-,22-,23+,27-,28+,29+,30-/m0/s1. The minimum absolute atomic E-state index is 0.0515. The van der Waals surface area contributed by atoms with Gasteiger partial charge < -0.3 is 10.2 Å². The maximum absolute atomic E-state index is 14.2. The molecule has 8 atom stereocenters. The first-order chi connectivity index (χ1) is 15.6. The average Bonchev–Trinajstić information content (AvgIpc) is 2.72. The van der Waals surface area contributed by atoms with Crippen LogP contribution in [0.15, 0.2) is 11.6 Å². The predicted molar refractivity (Wildman–Crippen MR) is 133 cm³/mol. The van der Waals surface area contributed by atoms with Gasteiger partial charge in [-0.05, 0) is 103 Å². The van der Waals surface area contributed by atoms with Crippen molar-refractivity contribution < 1.29 is 19.8 Å². The molecule has 5 aliphatic carbocycles. The zero-order chi connectivity index (χ0) is 25.1. The summed E-state index contributed by atoms with van der Waals surface area (Å²) in [4.78, 5) is 27.0. The normalized spacial score (nSPS) is 51.3. The third-order valence-corrected chi connectivity index (χ3v) is 12.8. The highest BCUT2D eigenvalue weighted by Crippen LogP contribution is 2.75. The van der Waals surface area contributed by atoms with Gasteiger partial charge >= 0.3 is 5.97 Å². The zero-order valence-electron chi connectivity index (χ0n) is 22.5. The topological polar surface area (TPSA) is 74.6 Å². The first-order valence-corrected chi connectivity index (χ1v) is 13.7. The summed E-state index contributed by atoms with van der Waals surface area (Å²) in [5, 5.41) is 21.3. The molecule has 190 valence electrons. The molecule has 5 aliphatic rings. The maximum atomic E-state index is 14.2. The Morgan fingerprint density at radius 2 is 1.56 bits per heavy atom. The minimum Gasteiger partial charge on any atom is -0.481 e. The van der Waals surface area contributed by atoms with Crippen LogP contribution >= 0.6 is 0 Å². The van der Waals surface area contributed by atoms with Crippen molar-refractivity contribution in [1.82, 2.24) is 0 Å². The molecule has 0 saturated heterocycles. The lowest BCUT2D eigenvalue weighted by atomic mass is 9.33. The third-order valence-electron chi connectivity index (χ3n) is 12.8. The van der Waals surface area contributed by atoms with Gasteiger partial charge in [0.05, 0.1) is 11.5 Å². The second-order valence-corrected chi connectivity index (χ2v) is 15.0. The SMILES string of the molecule is CC1(C)CC[C@]2(C(=O)O)CC[C@]3(C)C(=CC(=O)[C@@H]4[C@@]5(C)CC[C@H](O)C(C)(C)[C@@H]5CC[C@]43C)[C@@H]2C1. The summed E-state index contributed by atoms with van der Waals surface area (Å²) in [5.74, 6) is -0.217. The Morgan fingerprint density at radius 3 is 2.21 bits per heavy atom. The van der Waals surface area contributed by atoms with Crippen LogP contribution in [0.3, 0.4) is 0 Å². The number of aliphatic hydroxyl groups excluding tert-OH is 1. The minimum atomic E-state index is -0.720. The second kappa shape index (κ2) is 6.99. The van der Waals surface area contributed by atoms with Crippen molar-refractivity contribution in [3.63, 3.8) is 0 Å². The first kappa shape index (κ1) is 24.5. The Morgan fingerprint density at radius 1 is 0.912 bits per heavy atom. The number of aliphatic carboxylic acids is 1. The summed E-state index contributed by atoms with van der Waals surface area (Å²) in [6, 6.07) is 0. The van der Waals surface area contributed by atoms with E-state index in [-0.39, 0.29) is 50.8 Å². The fraction of sp³-hybridized carbons (Fsp3) is 0.867. The summed E-state index contributed by atoms with van der Waals surface area (Å²) in [7, 11) is 0. The molecule has 4 heteroatoms. The molecule has 5 rings (SSSR count). The second-order valence-electron chi connectivity index (χ2n) is 15.0. The fourth-order valence-electron chi connectivity index (χ4n) is 10.4. The summed E-state index contributed by atoms with van der Waals surface area (Å²) in [6.45, 7) is 16.0. The molecule has 4 nitrogen and oxygen atoms in total. The van der Waals surface area contributed by atoms with Gasteiger partial charge in [-0.3, -0.25) is 9.59 Å². The number of carboxylic acid groups (broad SMARTS) is 1. The van der Waals surface area contributed by atoms with E-state index in [0.29, 0.717) is 12.3 Å². The van der Waals surface area contributed by atoms with Gasteiger partial charge in [-0.1, -0.05) is 54.0 Å². The van der Waals surface area contributed by atoms with Crippen LogP contribution in [-0.2, 0) is 9.59 Å². The lowest BCUT2D eigenvalue weighted by molar-refractivity contribution is -0.204. The van der Waals surface area contributed by atoms with Gasteiger partial charge in [0.2, 0.25) is 0 Å². The molecule has 0 unspecified atom stereocenters.